The number of likely N-dealkylation sites (tertiary alicyclic amines) is 1. The van der Waals surface area contributed by atoms with Crippen molar-refractivity contribution >= 4 is 11.8 Å². The van der Waals surface area contributed by atoms with E-state index in [0.717, 1.165) is 16.7 Å². The van der Waals surface area contributed by atoms with Crippen LogP contribution in [-0.4, -0.2) is 41.3 Å². The standard InChI is InChI=1S/C28H31N3O2/c1-21(2)19-30-27(33)28(15-17-31(20-28)26(32)25-14-8-9-16-29-25)18-23-12-6-7-13-24(23)22-10-4-3-5-11-22/h3-14,16,21H,15,17-20H2,1-2H3,(H,30,33). The van der Waals surface area contributed by atoms with Crippen molar-refractivity contribution in [3.05, 3.63) is 90.3 Å². The molecule has 0 saturated carbocycles. The summed E-state index contributed by atoms with van der Waals surface area (Å²) in [5.74, 6) is 0.260. The van der Waals surface area contributed by atoms with E-state index in [0.29, 0.717) is 44.1 Å². The maximum Gasteiger partial charge on any atom is 0.272 e. The van der Waals surface area contributed by atoms with E-state index in [4.69, 9.17) is 0 Å². The van der Waals surface area contributed by atoms with E-state index >= 15 is 0 Å². The fourth-order valence-electron chi connectivity index (χ4n) is 4.53. The van der Waals surface area contributed by atoms with Crippen LogP contribution in [0.5, 0.6) is 0 Å². The molecule has 4 rings (SSSR count). The summed E-state index contributed by atoms with van der Waals surface area (Å²) in [5.41, 5.74) is 3.12. The van der Waals surface area contributed by atoms with Gasteiger partial charge in [0, 0.05) is 25.8 Å². The first kappa shape index (κ1) is 22.7. The molecule has 1 atom stereocenters. The minimum absolute atomic E-state index is 0.0235. The van der Waals surface area contributed by atoms with Crippen LogP contribution < -0.4 is 5.32 Å². The topological polar surface area (TPSA) is 62.3 Å². The van der Waals surface area contributed by atoms with Crippen molar-refractivity contribution < 1.29 is 9.59 Å². The van der Waals surface area contributed by atoms with Crippen LogP contribution in [0, 0.1) is 11.3 Å². The zero-order valence-electron chi connectivity index (χ0n) is 19.3. The number of benzene rings is 2. The third-order valence-electron chi connectivity index (χ3n) is 6.31. The minimum atomic E-state index is -0.676. The smallest absolute Gasteiger partial charge is 0.272 e. The monoisotopic (exact) mass is 441 g/mol. The van der Waals surface area contributed by atoms with Crippen LogP contribution in [-0.2, 0) is 11.2 Å². The van der Waals surface area contributed by atoms with Gasteiger partial charge in [-0.2, -0.15) is 0 Å². The zero-order valence-corrected chi connectivity index (χ0v) is 19.3. The van der Waals surface area contributed by atoms with Crippen LogP contribution in [0.2, 0.25) is 0 Å². The summed E-state index contributed by atoms with van der Waals surface area (Å²) < 4.78 is 0. The lowest BCUT2D eigenvalue weighted by molar-refractivity contribution is -0.130. The Kier molecular flexibility index (Phi) is 6.87. The normalized spacial score (nSPS) is 17.8. The summed E-state index contributed by atoms with van der Waals surface area (Å²) in [4.78, 5) is 32.7. The summed E-state index contributed by atoms with van der Waals surface area (Å²) in [7, 11) is 0. The van der Waals surface area contributed by atoms with Gasteiger partial charge in [-0.25, -0.2) is 0 Å². The highest BCUT2D eigenvalue weighted by molar-refractivity contribution is 5.94. The van der Waals surface area contributed by atoms with E-state index in [-0.39, 0.29) is 11.8 Å². The molecular weight excluding hydrogens is 410 g/mol. The molecule has 170 valence electrons. The van der Waals surface area contributed by atoms with Crippen molar-refractivity contribution in [1.82, 2.24) is 15.2 Å². The maximum atomic E-state index is 13.6. The van der Waals surface area contributed by atoms with Gasteiger partial charge in [-0.3, -0.25) is 14.6 Å². The van der Waals surface area contributed by atoms with Gasteiger partial charge in [0.15, 0.2) is 0 Å². The van der Waals surface area contributed by atoms with E-state index in [9.17, 15) is 9.59 Å². The Morgan fingerprint density at radius 1 is 1.00 bits per heavy atom. The average Bonchev–Trinajstić information content (AvgIpc) is 3.28. The third kappa shape index (κ3) is 5.14. The Bertz CT molecular complexity index is 1100. The second-order valence-electron chi connectivity index (χ2n) is 9.28. The molecule has 5 heteroatoms. The van der Waals surface area contributed by atoms with Crippen LogP contribution >= 0.6 is 0 Å². The number of hydrogen-bond donors (Lipinski definition) is 1. The summed E-state index contributed by atoms with van der Waals surface area (Å²) in [5, 5.41) is 3.15. The predicted molar refractivity (Wildman–Crippen MR) is 131 cm³/mol. The van der Waals surface area contributed by atoms with Crippen LogP contribution in [0.15, 0.2) is 79.0 Å². The van der Waals surface area contributed by atoms with Crippen LogP contribution in [0.25, 0.3) is 11.1 Å². The van der Waals surface area contributed by atoms with Gasteiger partial charge in [0.25, 0.3) is 5.91 Å². The molecule has 2 aromatic carbocycles. The van der Waals surface area contributed by atoms with Gasteiger partial charge in [-0.15, -0.1) is 0 Å². The van der Waals surface area contributed by atoms with Gasteiger partial charge >= 0.3 is 0 Å². The molecule has 0 radical (unpaired) electrons. The van der Waals surface area contributed by atoms with Gasteiger partial charge in [0.1, 0.15) is 5.69 Å². The Hall–Kier alpha value is -3.47. The lowest BCUT2D eigenvalue weighted by atomic mass is 9.78. The molecule has 1 aliphatic heterocycles. The largest absolute Gasteiger partial charge is 0.355 e. The molecule has 2 heterocycles. The Morgan fingerprint density at radius 2 is 1.73 bits per heavy atom. The lowest BCUT2D eigenvalue weighted by Crippen LogP contribution is -2.46. The van der Waals surface area contributed by atoms with Crippen molar-refractivity contribution in [2.75, 3.05) is 19.6 Å². The Labute approximate surface area is 195 Å². The highest BCUT2D eigenvalue weighted by atomic mass is 16.2. The molecule has 1 aromatic heterocycles. The molecule has 3 aromatic rings. The van der Waals surface area contributed by atoms with E-state index in [1.54, 1.807) is 23.2 Å². The van der Waals surface area contributed by atoms with E-state index in [2.05, 4.69) is 48.4 Å². The van der Waals surface area contributed by atoms with Gasteiger partial charge < -0.3 is 10.2 Å². The number of amides is 2. The number of hydrogen-bond acceptors (Lipinski definition) is 3. The molecule has 1 fully saturated rings. The molecular formula is C28H31N3O2. The summed E-state index contributed by atoms with van der Waals surface area (Å²) in [6, 6.07) is 23.8. The van der Waals surface area contributed by atoms with Gasteiger partial charge in [0.05, 0.1) is 5.41 Å². The number of nitrogens with one attached hydrogen (secondary N) is 1. The predicted octanol–water partition coefficient (Wildman–Crippen LogP) is 4.60. The quantitative estimate of drug-likeness (QED) is 0.583. The van der Waals surface area contributed by atoms with Crippen molar-refractivity contribution in [2.24, 2.45) is 11.3 Å². The average molecular weight is 442 g/mol. The third-order valence-corrected chi connectivity index (χ3v) is 6.31. The fraction of sp³-hybridized carbons (Fsp3) is 0.321. The Morgan fingerprint density at radius 3 is 2.45 bits per heavy atom. The van der Waals surface area contributed by atoms with Crippen molar-refractivity contribution in [3.8, 4) is 11.1 Å². The fourth-order valence-corrected chi connectivity index (χ4v) is 4.53. The molecule has 1 unspecified atom stereocenters. The van der Waals surface area contributed by atoms with Crippen molar-refractivity contribution in [1.29, 1.82) is 0 Å². The molecule has 1 aliphatic rings. The van der Waals surface area contributed by atoms with Gasteiger partial charge in [-0.1, -0.05) is 74.5 Å². The van der Waals surface area contributed by atoms with Gasteiger partial charge in [-0.05, 0) is 47.6 Å². The highest BCUT2D eigenvalue weighted by Gasteiger charge is 2.46. The lowest BCUT2D eigenvalue weighted by Gasteiger charge is -2.29. The van der Waals surface area contributed by atoms with Crippen molar-refractivity contribution in [2.45, 2.75) is 26.7 Å². The zero-order chi connectivity index (χ0) is 23.3. The summed E-state index contributed by atoms with van der Waals surface area (Å²) in [6.45, 7) is 5.72. The number of carbonyl (C=O) groups is 2. The summed E-state index contributed by atoms with van der Waals surface area (Å²) in [6.07, 6.45) is 2.83. The minimum Gasteiger partial charge on any atom is -0.355 e. The number of rotatable bonds is 7. The molecule has 2 amide bonds. The first-order chi connectivity index (χ1) is 16.0. The highest BCUT2D eigenvalue weighted by Crippen LogP contribution is 2.38. The molecule has 33 heavy (non-hydrogen) atoms. The number of nitrogens with zero attached hydrogens (tertiary/aromatic N) is 2. The Balaban J connectivity index is 1.65. The number of carbonyl (C=O) groups excluding carboxylic acids is 2. The van der Waals surface area contributed by atoms with Crippen LogP contribution in [0.4, 0.5) is 0 Å². The molecule has 5 nitrogen and oxygen atoms in total. The molecule has 0 bridgehead atoms. The summed E-state index contributed by atoms with van der Waals surface area (Å²) >= 11 is 0. The van der Waals surface area contributed by atoms with Crippen molar-refractivity contribution in [3.63, 3.8) is 0 Å². The van der Waals surface area contributed by atoms with E-state index in [1.165, 1.54) is 0 Å². The van der Waals surface area contributed by atoms with Gasteiger partial charge in [0.2, 0.25) is 5.91 Å². The molecule has 1 saturated heterocycles. The first-order valence-corrected chi connectivity index (χ1v) is 11.6. The second-order valence-corrected chi connectivity index (χ2v) is 9.28. The molecule has 0 spiro atoms. The SMILES string of the molecule is CC(C)CNC(=O)C1(Cc2ccccc2-c2ccccc2)CCN(C(=O)c2ccccn2)C1. The van der Waals surface area contributed by atoms with E-state index < -0.39 is 5.41 Å². The number of aromatic nitrogens is 1. The van der Waals surface area contributed by atoms with Crippen LogP contribution in [0.3, 0.4) is 0 Å². The van der Waals surface area contributed by atoms with E-state index in [1.807, 2.05) is 36.4 Å². The van der Waals surface area contributed by atoms with Crippen LogP contribution in [0.1, 0.15) is 36.3 Å². The molecule has 1 N–H and O–H groups in total. The molecule has 0 aliphatic carbocycles. The maximum absolute atomic E-state index is 13.6. The first-order valence-electron chi connectivity index (χ1n) is 11.6. The number of pyridine rings is 1. The second kappa shape index (κ2) is 9.99.